The van der Waals surface area contributed by atoms with Crippen LogP contribution >= 0.6 is 23.1 Å². The molecule has 3 heterocycles. The minimum Gasteiger partial charge on any atom is -0.495 e. The first-order valence-electron chi connectivity index (χ1n) is 12.0. The molecule has 3 aromatic heterocycles. The molecule has 0 bridgehead atoms. The van der Waals surface area contributed by atoms with Gasteiger partial charge >= 0.3 is 0 Å². The lowest BCUT2D eigenvalue weighted by Gasteiger charge is -2.15. The number of aryl methyl sites for hydroxylation is 1. The summed E-state index contributed by atoms with van der Waals surface area (Å²) in [6, 6.07) is 17.0. The van der Waals surface area contributed by atoms with E-state index in [1.807, 2.05) is 68.4 Å². The zero-order valence-corrected chi connectivity index (χ0v) is 22.8. The van der Waals surface area contributed by atoms with E-state index in [9.17, 15) is 9.59 Å². The first-order valence-corrected chi connectivity index (χ1v) is 13.8. The Balaban J connectivity index is 1.52. The largest absolute Gasteiger partial charge is 0.495 e. The summed E-state index contributed by atoms with van der Waals surface area (Å²) >= 11 is 2.54. The van der Waals surface area contributed by atoms with Gasteiger partial charge in [-0.25, -0.2) is 9.97 Å². The maximum atomic E-state index is 13.8. The van der Waals surface area contributed by atoms with Crippen LogP contribution in [0, 0.1) is 6.92 Å². The average Bonchev–Trinajstić information content (AvgIpc) is 3.29. The number of methoxy groups -OCH3 is 1. The average molecular weight is 547 g/mol. The van der Waals surface area contributed by atoms with Crippen molar-refractivity contribution in [2.24, 2.45) is 0 Å². The standard InChI is InChI=1S/C28H26N4O4S2/c1-4-36-21-10-6-5-8-18(21)15-32-27(34)25-24(19-9-7-13-29-26(19)38-25)31-28(32)37-16-23(33)30-20-14-17(2)11-12-22(20)35-3/h5-14H,4,15-16H2,1-3H3,(H,30,33). The summed E-state index contributed by atoms with van der Waals surface area (Å²) in [7, 11) is 1.56. The number of hydrogen-bond donors (Lipinski definition) is 1. The molecule has 194 valence electrons. The van der Waals surface area contributed by atoms with E-state index in [1.165, 1.54) is 23.1 Å². The number of ether oxygens (including phenoxy) is 2. The minimum atomic E-state index is -0.230. The van der Waals surface area contributed by atoms with Crippen molar-refractivity contribution < 1.29 is 14.3 Å². The number of carbonyl (C=O) groups excluding carboxylic acids is 1. The molecular weight excluding hydrogens is 520 g/mol. The van der Waals surface area contributed by atoms with Gasteiger partial charge in [-0.15, -0.1) is 11.3 Å². The van der Waals surface area contributed by atoms with Crippen molar-refractivity contribution >= 4 is 55.1 Å². The molecule has 8 nitrogen and oxygen atoms in total. The molecule has 0 saturated carbocycles. The number of thiophene rings is 1. The zero-order chi connectivity index (χ0) is 26.6. The Bertz CT molecular complexity index is 1700. The van der Waals surface area contributed by atoms with Gasteiger partial charge in [-0.2, -0.15) is 0 Å². The van der Waals surface area contributed by atoms with Gasteiger partial charge in [0.15, 0.2) is 5.16 Å². The monoisotopic (exact) mass is 546 g/mol. The fraction of sp³-hybridized carbons (Fsp3) is 0.214. The Morgan fingerprint density at radius 1 is 1.13 bits per heavy atom. The number of carbonyl (C=O) groups is 1. The number of thioether (sulfide) groups is 1. The van der Waals surface area contributed by atoms with Crippen molar-refractivity contribution in [1.29, 1.82) is 0 Å². The lowest BCUT2D eigenvalue weighted by atomic mass is 10.2. The third-order valence-corrected chi connectivity index (χ3v) is 7.95. The SMILES string of the molecule is CCOc1ccccc1Cn1c(SCC(=O)Nc2cc(C)ccc2OC)nc2c(sc3ncccc32)c1=O. The summed E-state index contributed by atoms with van der Waals surface area (Å²) in [5.41, 5.74) is 2.88. The van der Waals surface area contributed by atoms with E-state index in [4.69, 9.17) is 14.5 Å². The molecule has 1 N–H and O–H groups in total. The molecule has 0 atom stereocenters. The first kappa shape index (κ1) is 25.7. The minimum absolute atomic E-state index is 0.0580. The first-order chi connectivity index (χ1) is 18.5. The number of amides is 1. The summed E-state index contributed by atoms with van der Waals surface area (Å²) in [4.78, 5) is 36.8. The van der Waals surface area contributed by atoms with Crippen molar-refractivity contribution in [1.82, 2.24) is 14.5 Å². The normalized spacial score (nSPS) is 11.1. The molecule has 0 saturated heterocycles. The number of pyridine rings is 1. The summed E-state index contributed by atoms with van der Waals surface area (Å²) in [6.45, 7) is 4.64. The van der Waals surface area contributed by atoms with Crippen LogP contribution in [0.25, 0.3) is 20.4 Å². The van der Waals surface area contributed by atoms with Gasteiger partial charge in [0.25, 0.3) is 5.56 Å². The molecule has 10 heteroatoms. The number of benzene rings is 2. The predicted octanol–water partition coefficient (Wildman–Crippen LogP) is 5.50. The third kappa shape index (κ3) is 5.23. The second-order valence-corrected chi connectivity index (χ2v) is 10.4. The predicted molar refractivity (Wildman–Crippen MR) is 153 cm³/mol. The molecule has 38 heavy (non-hydrogen) atoms. The number of hydrogen-bond acceptors (Lipinski definition) is 8. The highest BCUT2D eigenvalue weighted by atomic mass is 32.2. The lowest BCUT2D eigenvalue weighted by molar-refractivity contribution is -0.113. The van der Waals surface area contributed by atoms with Crippen LogP contribution in [-0.2, 0) is 11.3 Å². The van der Waals surface area contributed by atoms with E-state index >= 15 is 0 Å². The number of nitrogens with zero attached hydrogens (tertiary/aromatic N) is 3. The van der Waals surface area contributed by atoms with Crippen molar-refractivity contribution in [3.05, 3.63) is 82.3 Å². The molecule has 1 amide bonds. The topological polar surface area (TPSA) is 95.3 Å². The molecule has 0 aliphatic rings. The van der Waals surface area contributed by atoms with Gasteiger partial charge in [0, 0.05) is 17.1 Å². The van der Waals surface area contributed by atoms with Gasteiger partial charge < -0.3 is 14.8 Å². The van der Waals surface area contributed by atoms with Crippen LogP contribution in [-0.4, -0.2) is 39.9 Å². The van der Waals surface area contributed by atoms with Crippen molar-refractivity contribution in [3.8, 4) is 11.5 Å². The van der Waals surface area contributed by atoms with Crippen LogP contribution in [0.5, 0.6) is 11.5 Å². The second-order valence-electron chi connectivity index (χ2n) is 8.50. The van der Waals surface area contributed by atoms with Crippen LogP contribution in [0.4, 0.5) is 5.69 Å². The number of fused-ring (bicyclic) bond motifs is 3. The van der Waals surface area contributed by atoms with Crippen LogP contribution < -0.4 is 20.3 Å². The van der Waals surface area contributed by atoms with Crippen LogP contribution in [0.15, 0.2) is 70.7 Å². The van der Waals surface area contributed by atoms with Gasteiger partial charge in [0.2, 0.25) is 5.91 Å². The summed E-state index contributed by atoms with van der Waals surface area (Å²) in [6.07, 6.45) is 1.70. The molecule has 5 aromatic rings. The van der Waals surface area contributed by atoms with E-state index in [-0.39, 0.29) is 23.8 Å². The molecule has 2 aromatic carbocycles. The highest BCUT2D eigenvalue weighted by Crippen LogP contribution is 2.31. The van der Waals surface area contributed by atoms with Crippen LogP contribution in [0.1, 0.15) is 18.1 Å². The van der Waals surface area contributed by atoms with Crippen LogP contribution in [0.3, 0.4) is 0 Å². The quantitative estimate of drug-likeness (QED) is 0.193. The molecular formula is C28H26N4O4S2. The number of para-hydroxylation sites is 1. The summed E-state index contributed by atoms with van der Waals surface area (Å²) < 4.78 is 13.3. The van der Waals surface area contributed by atoms with E-state index in [0.717, 1.165) is 21.3 Å². The molecule has 0 radical (unpaired) electrons. The molecule has 0 fully saturated rings. The molecule has 0 unspecified atom stereocenters. The zero-order valence-electron chi connectivity index (χ0n) is 21.2. The third-order valence-electron chi connectivity index (χ3n) is 5.88. The number of nitrogens with one attached hydrogen (secondary N) is 1. The van der Waals surface area contributed by atoms with E-state index in [0.29, 0.717) is 39.2 Å². The van der Waals surface area contributed by atoms with Gasteiger partial charge in [-0.1, -0.05) is 36.0 Å². The van der Waals surface area contributed by atoms with Gasteiger partial charge in [0.05, 0.1) is 37.2 Å². The van der Waals surface area contributed by atoms with E-state index in [2.05, 4.69) is 10.3 Å². The Hall–Kier alpha value is -3.89. The highest BCUT2D eigenvalue weighted by molar-refractivity contribution is 7.99. The molecule has 0 aliphatic carbocycles. The van der Waals surface area contributed by atoms with Crippen molar-refractivity contribution in [2.75, 3.05) is 24.8 Å². The Morgan fingerprint density at radius 2 is 1.97 bits per heavy atom. The fourth-order valence-electron chi connectivity index (χ4n) is 4.13. The molecule has 0 spiro atoms. The number of rotatable bonds is 9. The molecule has 5 rings (SSSR count). The molecule has 0 aliphatic heterocycles. The second kappa shape index (κ2) is 11.2. The lowest BCUT2D eigenvalue weighted by Crippen LogP contribution is -2.24. The maximum Gasteiger partial charge on any atom is 0.272 e. The number of anilines is 1. The van der Waals surface area contributed by atoms with Crippen molar-refractivity contribution in [3.63, 3.8) is 0 Å². The Morgan fingerprint density at radius 3 is 2.79 bits per heavy atom. The fourth-order valence-corrected chi connectivity index (χ4v) is 5.95. The summed E-state index contributed by atoms with van der Waals surface area (Å²) in [5, 5.41) is 4.19. The Labute approximate surface area is 227 Å². The Kier molecular flexibility index (Phi) is 7.62. The smallest absolute Gasteiger partial charge is 0.272 e. The number of aromatic nitrogens is 3. The maximum absolute atomic E-state index is 13.8. The highest BCUT2D eigenvalue weighted by Gasteiger charge is 2.19. The van der Waals surface area contributed by atoms with Gasteiger partial charge in [-0.05, 0) is 49.7 Å². The van der Waals surface area contributed by atoms with Gasteiger partial charge in [0.1, 0.15) is 21.0 Å². The van der Waals surface area contributed by atoms with Gasteiger partial charge in [-0.3, -0.25) is 14.2 Å². The van der Waals surface area contributed by atoms with E-state index < -0.39 is 0 Å². The van der Waals surface area contributed by atoms with Crippen molar-refractivity contribution in [2.45, 2.75) is 25.5 Å². The van der Waals surface area contributed by atoms with Crippen LogP contribution in [0.2, 0.25) is 0 Å². The van der Waals surface area contributed by atoms with E-state index in [1.54, 1.807) is 17.9 Å². The summed E-state index contributed by atoms with van der Waals surface area (Å²) in [5.74, 6) is 1.12.